The first kappa shape index (κ1) is 17.0. The van der Waals surface area contributed by atoms with Crippen LogP contribution in [-0.4, -0.2) is 24.5 Å². The Hall–Kier alpha value is -1.36. The van der Waals surface area contributed by atoms with Gasteiger partial charge < -0.3 is 4.74 Å². The Morgan fingerprint density at radius 3 is 2.86 bits per heavy atom. The molecule has 22 heavy (non-hydrogen) atoms. The molecule has 0 spiro atoms. The summed E-state index contributed by atoms with van der Waals surface area (Å²) in [6.45, 7) is 1.59. The highest BCUT2D eigenvalue weighted by atomic mass is 35.5. The molecule has 2 aromatic rings. The number of carbonyl (C=O) groups excluding carboxylic acids is 1. The zero-order valence-electron chi connectivity index (χ0n) is 11.7. The predicted molar refractivity (Wildman–Crippen MR) is 91.4 cm³/mol. The van der Waals surface area contributed by atoms with Gasteiger partial charge in [-0.05, 0) is 35.1 Å². The number of hydrogen-bond acceptors (Lipinski definition) is 4. The lowest BCUT2D eigenvalue weighted by Crippen LogP contribution is -2.38. The number of nitrogens with zero attached hydrogens (tertiary/aromatic N) is 1. The van der Waals surface area contributed by atoms with Crippen LogP contribution in [0.1, 0.15) is 29.5 Å². The molecule has 0 fully saturated rings. The van der Waals surface area contributed by atoms with Gasteiger partial charge in [0.1, 0.15) is 6.04 Å². The van der Waals surface area contributed by atoms with Gasteiger partial charge >= 0.3 is 5.97 Å². The Morgan fingerprint density at radius 1 is 1.36 bits per heavy atom. The van der Waals surface area contributed by atoms with Crippen LogP contribution in [0.3, 0.4) is 0 Å². The van der Waals surface area contributed by atoms with Gasteiger partial charge in [0.25, 0.3) is 0 Å². The zero-order chi connectivity index (χ0) is 14.8. The van der Waals surface area contributed by atoms with Crippen LogP contribution in [0.5, 0.6) is 0 Å². The van der Waals surface area contributed by atoms with Crippen molar-refractivity contribution in [2.75, 3.05) is 13.7 Å². The third kappa shape index (κ3) is 3.19. The molecule has 1 aliphatic rings. The Morgan fingerprint density at radius 2 is 2.14 bits per heavy atom. The van der Waals surface area contributed by atoms with Crippen LogP contribution in [0.15, 0.2) is 35.7 Å². The highest BCUT2D eigenvalue weighted by Crippen LogP contribution is 2.33. The van der Waals surface area contributed by atoms with Crippen molar-refractivity contribution in [1.82, 2.24) is 4.90 Å². The van der Waals surface area contributed by atoms with E-state index in [9.17, 15) is 4.79 Å². The van der Waals surface area contributed by atoms with Crippen molar-refractivity contribution < 1.29 is 9.53 Å². The molecule has 118 valence electrons. The topological polar surface area (TPSA) is 29.5 Å². The quantitative estimate of drug-likeness (QED) is 0.782. The monoisotopic (exact) mass is 337 g/mol. The van der Waals surface area contributed by atoms with E-state index in [1.54, 1.807) is 11.3 Å². The molecule has 0 bridgehead atoms. The van der Waals surface area contributed by atoms with E-state index >= 15 is 0 Å². The number of fused-ring (bicyclic) bond motifs is 1. The first-order valence-corrected chi connectivity index (χ1v) is 8.08. The highest BCUT2D eigenvalue weighted by Gasteiger charge is 2.32. The molecule has 2 heterocycles. The van der Waals surface area contributed by atoms with E-state index in [0.29, 0.717) is 5.02 Å². The number of benzene rings is 1. The lowest BCUT2D eigenvalue weighted by atomic mass is 10.0. The molecule has 0 amide bonds. The van der Waals surface area contributed by atoms with Gasteiger partial charge in [0.2, 0.25) is 0 Å². The summed E-state index contributed by atoms with van der Waals surface area (Å²) in [6, 6.07) is 9.16. The molecule has 0 aliphatic carbocycles. The van der Waals surface area contributed by atoms with Crippen molar-refractivity contribution in [1.29, 1.82) is 0 Å². The Kier molecular flexibility index (Phi) is 5.62. The molecular formula is C17H20ClNO2S. The van der Waals surface area contributed by atoms with E-state index in [2.05, 4.69) is 16.3 Å². The van der Waals surface area contributed by atoms with Gasteiger partial charge in [-0.15, -0.1) is 11.3 Å². The Balaban J connectivity index is 0.00000176. The second-order valence-electron chi connectivity index (χ2n) is 5.04. The van der Waals surface area contributed by atoms with Gasteiger partial charge in [-0.25, -0.2) is 4.79 Å². The molecule has 0 saturated heterocycles. The molecule has 5 heteroatoms. The van der Waals surface area contributed by atoms with Crippen LogP contribution in [0, 0.1) is 0 Å². The predicted octanol–water partition coefficient (Wildman–Crippen LogP) is 4.31. The SMILES string of the molecule is C.COC(=O)[C@H](c1ccccc1Cl)N1CCc2sccc2C1. The van der Waals surface area contributed by atoms with E-state index < -0.39 is 6.04 Å². The van der Waals surface area contributed by atoms with Crippen molar-refractivity contribution in [3.63, 3.8) is 0 Å². The first-order valence-electron chi connectivity index (χ1n) is 6.82. The van der Waals surface area contributed by atoms with Crippen LogP contribution in [0.25, 0.3) is 0 Å². The average molecular weight is 338 g/mol. The number of ether oxygens (including phenoxy) is 1. The molecule has 1 atom stereocenters. The maximum absolute atomic E-state index is 12.3. The highest BCUT2D eigenvalue weighted by molar-refractivity contribution is 7.10. The number of rotatable bonds is 3. The third-order valence-corrected chi connectivity index (χ3v) is 5.19. The van der Waals surface area contributed by atoms with Crippen LogP contribution in [0.2, 0.25) is 5.02 Å². The molecule has 3 rings (SSSR count). The van der Waals surface area contributed by atoms with Gasteiger partial charge in [-0.2, -0.15) is 0 Å². The number of carbonyl (C=O) groups is 1. The molecule has 0 saturated carbocycles. The Bertz CT molecular complexity index is 656. The van der Waals surface area contributed by atoms with E-state index in [4.69, 9.17) is 16.3 Å². The smallest absolute Gasteiger partial charge is 0.327 e. The summed E-state index contributed by atoms with van der Waals surface area (Å²) in [6.07, 6.45) is 0.963. The van der Waals surface area contributed by atoms with Gasteiger partial charge in [0.05, 0.1) is 7.11 Å². The summed E-state index contributed by atoms with van der Waals surface area (Å²) in [5, 5.41) is 2.71. The normalized spacial score (nSPS) is 15.5. The fourth-order valence-corrected chi connectivity index (χ4v) is 3.90. The average Bonchev–Trinajstić information content (AvgIpc) is 2.97. The molecular weight excluding hydrogens is 318 g/mol. The number of esters is 1. The fourth-order valence-electron chi connectivity index (χ4n) is 2.77. The number of halogens is 1. The molecule has 0 N–H and O–H groups in total. The van der Waals surface area contributed by atoms with Gasteiger partial charge in [-0.3, -0.25) is 4.90 Å². The molecule has 1 aliphatic heterocycles. The van der Waals surface area contributed by atoms with Gasteiger partial charge in [0.15, 0.2) is 0 Å². The van der Waals surface area contributed by atoms with Crippen molar-refractivity contribution in [3.05, 3.63) is 56.7 Å². The second-order valence-corrected chi connectivity index (χ2v) is 6.44. The summed E-state index contributed by atoms with van der Waals surface area (Å²) < 4.78 is 5.01. The minimum atomic E-state index is -0.447. The standard InChI is InChI=1S/C16H16ClNO2S.CH4/c1-20-16(19)15(12-4-2-3-5-13(12)17)18-8-6-14-11(10-18)7-9-21-14;/h2-5,7,9,15H,6,8,10H2,1H3;1H4/t15-;/m0./s1. The van der Waals surface area contributed by atoms with E-state index in [1.165, 1.54) is 17.6 Å². The minimum absolute atomic E-state index is 0. The van der Waals surface area contributed by atoms with Crippen molar-refractivity contribution in [2.24, 2.45) is 0 Å². The summed E-state index contributed by atoms with van der Waals surface area (Å²) in [4.78, 5) is 15.8. The van der Waals surface area contributed by atoms with Crippen molar-refractivity contribution in [2.45, 2.75) is 26.4 Å². The molecule has 1 aromatic carbocycles. The Labute approximate surface area is 140 Å². The van der Waals surface area contributed by atoms with E-state index in [-0.39, 0.29) is 13.4 Å². The fraction of sp³-hybridized carbons (Fsp3) is 0.353. The summed E-state index contributed by atoms with van der Waals surface area (Å²) >= 11 is 8.07. The van der Waals surface area contributed by atoms with Crippen molar-refractivity contribution >= 4 is 28.9 Å². The number of hydrogen-bond donors (Lipinski definition) is 0. The number of methoxy groups -OCH3 is 1. The number of thiophene rings is 1. The largest absolute Gasteiger partial charge is 0.468 e. The summed E-state index contributed by atoms with van der Waals surface area (Å²) in [7, 11) is 1.42. The zero-order valence-corrected chi connectivity index (χ0v) is 13.3. The van der Waals surface area contributed by atoms with Gasteiger partial charge in [-0.1, -0.05) is 37.2 Å². The van der Waals surface area contributed by atoms with Crippen LogP contribution < -0.4 is 0 Å². The summed E-state index contributed by atoms with van der Waals surface area (Å²) in [5.74, 6) is -0.262. The lowest BCUT2D eigenvalue weighted by Gasteiger charge is -2.33. The van der Waals surface area contributed by atoms with Crippen molar-refractivity contribution in [3.8, 4) is 0 Å². The lowest BCUT2D eigenvalue weighted by molar-refractivity contribution is -0.147. The van der Waals surface area contributed by atoms with E-state index in [0.717, 1.165) is 25.1 Å². The maximum Gasteiger partial charge on any atom is 0.327 e. The minimum Gasteiger partial charge on any atom is -0.468 e. The molecule has 0 radical (unpaired) electrons. The molecule has 3 nitrogen and oxygen atoms in total. The van der Waals surface area contributed by atoms with E-state index in [1.807, 2.05) is 24.3 Å². The van der Waals surface area contributed by atoms with Crippen LogP contribution in [0.4, 0.5) is 0 Å². The summed E-state index contributed by atoms with van der Waals surface area (Å²) in [5.41, 5.74) is 2.11. The maximum atomic E-state index is 12.3. The van der Waals surface area contributed by atoms with Crippen LogP contribution >= 0.6 is 22.9 Å². The first-order chi connectivity index (χ1) is 10.2. The van der Waals surface area contributed by atoms with Gasteiger partial charge in [0, 0.05) is 23.0 Å². The molecule has 0 unspecified atom stereocenters. The third-order valence-electron chi connectivity index (χ3n) is 3.83. The molecule has 1 aromatic heterocycles. The second kappa shape index (κ2) is 7.27. The van der Waals surface area contributed by atoms with Crippen LogP contribution in [-0.2, 0) is 22.5 Å².